The maximum absolute atomic E-state index is 12.1. The second-order valence-corrected chi connectivity index (χ2v) is 6.44. The van der Waals surface area contributed by atoms with Crippen LogP contribution in [0.25, 0.3) is 10.4 Å². The molecule has 0 bridgehead atoms. The van der Waals surface area contributed by atoms with Crippen LogP contribution in [0.1, 0.15) is 16.1 Å². The molecule has 0 aliphatic carbocycles. The highest BCUT2D eigenvalue weighted by Crippen LogP contribution is 2.36. The zero-order valence-corrected chi connectivity index (χ0v) is 14.6. The number of hydrogen-bond acceptors (Lipinski definition) is 7. The molecule has 0 saturated heterocycles. The Morgan fingerprint density at radius 1 is 1.19 bits per heavy atom. The monoisotopic (exact) mass is 372 g/mol. The van der Waals surface area contributed by atoms with Gasteiger partial charge in [0, 0.05) is 11.4 Å². The van der Waals surface area contributed by atoms with Crippen molar-refractivity contribution in [3.8, 4) is 28.0 Å². The molecule has 1 aromatic heterocycles. The maximum atomic E-state index is 12.1. The van der Waals surface area contributed by atoms with Gasteiger partial charge in [0.2, 0.25) is 0 Å². The third-order valence-electron chi connectivity index (χ3n) is 3.53. The van der Waals surface area contributed by atoms with E-state index in [-0.39, 0.29) is 19.6 Å². The summed E-state index contributed by atoms with van der Waals surface area (Å²) in [6, 6.07) is 11.0. The van der Waals surface area contributed by atoms with Crippen LogP contribution >= 0.6 is 11.3 Å². The van der Waals surface area contributed by atoms with Crippen LogP contribution in [0, 0.1) is 11.3 Å². The first-order chi connectivity index (χ1) is 12.7. The highest BCUT2D eigenvalue weighted by Gasteiger charge is 2.16. The lowest BCUT2D eigenvalue weighted by Crippen LogP contribution is -2.29. The van der Waals surface area contributed by atoms with E-state index in [1.165, 1.54) is 11.3 Å². The number of nitrogens with one attached hydrogen (secondary N) is 1. The van der Waals surface area contributed by atoms with E-state index in [1.54, 1.807) is 6.07 Å². The van der Waals surface area contributed by atoms with Crippen LogP contribution in [0.5, 0.6) is 11.5 Å². The second-order valence-electron chi connectivity index (χ2n) is 5.36. The van der Waals surface area contributed by atoms with Gasteiger partial charge in [0.25, 0.3) is 5.91 Å². The van der Waals surface area contributed by atoms with Gasteiger partial charge in [0.1, 0.15) is 18.1 Å². The Morgan fingerprint density at radius 3 is 2.81 bits per heavy atom. The molecular formula is C18H16N2O5S. The summed E-state index contributed by atoms with van der Waals surface area (Å²) in [5.74, 6) is 0.394. The third-order valence-corrected chi connectivity index (χ3v) is 4.64. The van der Waals surface area contributed by atoms with Gasteiger partial charge in [-0.3, -0.25) is 4.79 Å². The van der Waals surface area contributed by atoms with Crippen LogP contribution in [-0.2, 0) is 9.53 Å². The Hall–Kier alpha value is -3.05. The number of fused-ring (bicyclic) bond motifs is 1. The molecule has 0 atom stereocenters. The van der Waals surface area contributed by atoms with Gasteiger partial charge in [0.05, 0.1) is 12.5 Å². The van der Waals surface area contributed by atoms with Gasteiger partial charge in [-0.15, -0.1) is 11.3 Å². The highest BCUT2D eigenvalue weighted by atomic mass is 32.1. The van der Waals surface area contributed by atoms with E-state index < -0.39 is 11.9 Å². The Labute approximate surface area is 154 Å². The average molecular weight is 372 g/mol. The number of carbonyl (C=O) groups excluding carboxylic acids is 2. The standard InChI is InChI=1S/C18H16N2O5S/c19-6-1-7-20-17(21)11-25-18(22)16-5-4-15(26-16)12-2-3-13-14(10-12)24-9-8-23-13/h2-5,10H,1,7-9,11H2,(H,20,21). The number of carbonyl (C=O) groups is 2. The summed E-state index contributed by atoms with van der Waals surface area (Å²) < 4.78 is 16.1. The van der Waals surface area contributed by atoms with Crippen LogP contribution in [0.15, 0.2) is 30.3 Å². The summed E-state index contributed by atoms with van der Waals surface area (Å²) in [6.07, 6.45) is 0.212. The van der Waals surface area contributed by atoms with Gasteiger partial charge in [-0.05, 0) is 35.9 Å². The summed E-state index contributed by atoms with van der Waals surface area (Å²) in [7, 11) is 0. The van der Waals surface area contributed by atoms with Gasteiger partial charge >= 0.3 is 5.97 Å². The topological polar surface area (TPSA) is 97.7 Å². The predicted octanol–water partition coefficient (Wildman–Crippen LogP) is 2.37. The number of nitrogens with zero attached hydrogens (tertiary/aromatic N) is 1. The van der Waals surface area contributed by atoms with Crippen LogP contribution in [0.2, 0.25) is 0 Å². The van der Waals surface area contributed by atoms with Crippen LogP contribution < -0.4 is 14.8 Å². The molecule has 0 spiro atoms. The molecule has 0 saturated carbocycles. The molecular weight excluding hydrogens is 356 g/mol. The molecule has 26 heavy (non-hydrogen) atoms. The summed E-state index contributed by atoms with van der Waals surface area (Å²) in [5, 5.41) is 10.9. The van der Waals surface area contributed by atoms with E-state index in [0.717, 1.165) is 10.4 Å². The number of amides is 1. The van der Waals surface area contributed by atoms with E-state index >= 15 is 0 Å². The zero-order valence-electron chi connectivity index (χ0n) is 13.8. The molecule has 0 unspecified atom stereocenters. The van der Waals surface area contributed by atoms with E-state index in [1.807, 2.05) is 30.3 Å². The Bertz CT molecular complexity index is 856. The lowest BCUT2D eigenvalue weighted by atomic mass is 10.1. The Kier molecular flexibility index (Phi) is 5.71. The molecule has 2 heterocycles. The molecule has 1 aliphatic heterocycles. The molecule has 1 N–H and O–H groups in total. The quantitative estimate of drug-likeness (QED) is 0.618. The van der Waals surface area contributed by atoms with Crippen molar-refractivity contribution in [2.45, 2.75) is 6.42 Å². The zero-order chi connectivity index (χ0) is 18.4. The molecule has 8 heteroatoms. The van der Waals surface area contributed by atoms with E-state index in [0.29, 0.717) is 29.6 Å². The van der Waals surface area contributed by atoms with Crippen molar-refractivity contribution in [1.29, 1.82) is 5.26 Å². The number of thiophene rings is 1. The van der Waals surface area contributed by atoms with Gasteiger partial charge < -0.3 is 19.5 Å². The number of esters is 1. The lowest BCUT2D eigenvalue weighted by Gasteiger charge is -2.18. The summed E-state index contributed by atoms with van der Waals surface area (Å²) >= 11 is 1.27. The molecule has 0 fully saturated rings. The number of hydrogen-bond donors (Lipinski definition) is 1. The van der Waals surface area contributed by atoms with Crippen molar-refractivity contribution in [3.05, 3.63) is 35.2 Å². The molecule has 1 aliphatic rings. The first kappa shape index (κ1) is 17.8. The fourth-order valence-electron chi connectivity index (χ4n) is 2.31. The number of ether oxygens (including phenoxy) is 3. The first-order valence-electron chi connectivity index (χ1n) is 7.98. The van der Waals surface area contributed by atoms with Gasteiger partial charge in [-0.25, -0.2) is 4.79 Å². The predicted molar refractivity (Wildman–Crippen MR) is 94.3 cm³/mol. The lowest BCUT2D eigenvalue weighted by molar-refractivity contribution is -0.124. The van der Waals surface area contributed by atoms with Crippen molar-refractivity contribution in [1.82, 2.24) is 5.32 Å². The smallest absolute Gasteiger partial charge is 0.348 e. The SMILES string of the molecule is N#CCCNC(=O)COC(=O)c1ccc(-c2ccc3c(c2)OCCO3)s1. The summed E-state index contributed by atoms with van der Waals surface area (Å²) in [6.45, 7) is 0.905. The molecule has 134 valence electrons. The fourth-order valence-corrected chi connectivity index (χ4v) is 3.21. The number of rotatable bonds is 6. The molecule has 0 radical (unpaired) electrons. The minimum Gasteiger partial charge on any atom is -0.486 e. The maximum Gasteiger partial charge on any atom is 0.348 e. The summed E-state index contributed by atoms with van der Waals surface area (Å²) in [4.78, 5) is 24.8. The minimum absolute atomic E-state index is 0.212. The molecule has 3 rings (SSSR count). The Balaban J connectivity index is 1.60. The Morgan fingerprint density at radius 2 is 2.00 bits per heavy atom. The summed E-state index contributed by atoms with van der Waals surface area (Å²) in [5.41, 5.74) is 0.910. The van der Waals surface area contributed by atoms with Crippen molar-refractivity contribution in [2.75, 3.05) is 26.4 Å². The normalized spacial score (nSPS) is 12.1. The van der Waals surface area contributed by atoms with Crippen molar-refractivity contribution >= 4 is 23.2 Å². The molecule has 1 aromatic carbocycles. The highest BCUT2D eigenvalue weighted by molar-refractivity contribution is 7.17. The van der Waals surface area contributed by atoms with Crippen molar-refractivity contribution < 1.29 is 23.8 Å². The number of nitriles is 1. The van der Waals surface area contributed by atoms with Crippen molar-refractivity contribution in [2.24, 2.45) is 0 Å². The van der Waals surface area contributed by atoms with Crippen LogP contribution in [0.3, 0.4) is 0 Å². The first-order valence-corrected chi connectivity index (χ1v) is 8.79. The molecule has 1 amide bonds. The average Bonchev–Trinajstić information content (AvgIpc) is 3.16. The number of benzene rings is 1. The molecule has 7 nitrogen and oxygen atoms in total. The van der Waals surface area contributed by atoms with Gasteiger partial charge in [-0.1, -0.05) is 0 Å². The minimum atomic E-state index is -0.561. The van der Waals surface area contributed by atoms with E-state index in [9.17, 15) is 9.59 Å². The second kappa shape index (κ2) is 8.36. The molecule has 2 aromatic rings. The van der Waals surface area contributed by atoms with Crippen molar-refractivity contribution in [3.63, 3.8) is 0 Å². The van der Waals surface area contributed by atoms with E-state index in [4.69, 9.17) is 19.5 Å². The van der Waals surface area contributed by atoms with E-state index in [2.05, 4.69) is 5.32 Å². The van der Waals surface area contributed by atoms with Gasteiger partial charge in [0.15, 0.2) is 18.1 Å². The third kappa shape index (κ3) is 4.32. The van der Waals surface area contributed by atoms with Gasteiger partial charge in [-0.2, -0.15) is 5.26 Å². The fraction of sp³-hybridized carbons (Fsp3) is 0.278. The largest absolute Gasteiger partial charge is 0.486 e. The van der Waals surface area contributed by atoms with Crippen LogP contribution in [-0.4, -0.2) is 38.2 Å². The van der Waals surface area contributed by atoms with Crippen LogP contribution in [0.4, 0.5) is 0 Å².